The second kappa shape index (κ2) is 3.78. The van der Waals surface area contributed by atoms with E-state index < -0.39 is 5.91 Å². The summed E-state index contributed by atoms with van der Waals surface area (Å²) in [7, 11) is 0. The Morgan fingerprint density at radius 1 is 1.62 bits per heavy atom. The Labute approximate surface area is 79.9 Å². The zero-order valence-corrected chi connectivity index (χ0v) is 7.30. The van der Waals surface area contributed by atoms with Crippen LogP contribution < -0.4 is 11.1 Å². The van der Waals surface area contributed by atoms with Crippen LogP contribution >= 0.6 is 11.6 Å². The van der Waals surface area contributed by atoms with Gasteiger partial charge in [0.2, 0.25) is 0 Å². The average Bonchev–Trinajstić information content (AvgIpc) is 2.10. The van der Waals surface area contributed by atoms with Crippen molar-refractivity contribution in [2.75, 3.05) is 5.73 Å². The quantitative estimate of drug-likeness (QED) is 0.401. The first kappa shape index (κ1) is 9.36. The van der Waals surface area contributed by atoms with Crippen LogP contribution in [0.15, 0.2) is 18.2 Å². The van der Waals surface area contributed by atoms with Gasteiger partial charge in [0, 0.05) is 5.56 Å². The maximum Gasteiger partial charge on any atom is 0.264 e. The van der Waals surface area contributed by atoms with Crippen LogP contribution in [0.3, 0.4) is 0 Å². The Kier molecular flexibility index (Phi) is 2.72. The molecule has 1 amide bonds. The second-order valence-corrected chi connectivity index (χ2v) is 2.71. The van der Waals surface area contributed by atoms with E-state index in [0.29, 0.717) is 16.3 Å². The topological polar surface area (TPSA) is 78.9 Å². The molecule has 0 aliphatic rings. The first-order valence-electron chi connectivity index (χ1n) is 3.39. The summed E-state index contributed by atoms with van der Waals surface area (Å²) in [5, 5.41) is 10.5. The molecule has 0 saturated heterocycles. The zero-order chi connectivity index (χ0) is 9.84. The van der Waals surface area contributed by atoms with Crippen molar-refractivity contribution in [3.05, 3.63) is 28.8 Å². The third kappa shape index (κ3) is 2.10. The molecule has 0 saturated carbocycles. The van der Waals surface area contributed by atoms with Crippen molar-refractivity contribution < 1.29 is 4.79 Å². The number of nitrogens with zero attached hydrogens (tertiary/aromatic N) is 1. The molecule has 0 aliphatic carbocycles. The number of anilines is 1. The number of nitrogens with one attached hydrogen (secondary N) is 1. The fraction of sp³-hybridized carbons (Fsp3) is 0. The predicted octanol–water partition coefficient (Wildman–Crippen LogP) is 1.13. The van der Waals surface area contributed by atoms with Crippen LogP contribution in [0.2, 0.25) is 5.02 Å². The molecule has 3 N–H and O–H groups in total. The SMILES string of the molecule is N#CNC(=O)c1ccc(N)c(Cl)c1. The molecule has 4 nitrogen and oxygen atoms in total. The van der Waals surface area contributed by atoms with E-state index in [9.17, 15) is 4.79 Å². The van der Waals surface area contributed by atoms with Gasteiger partial charge in [-0.15, -0.1) is 0 Å². The summed E-state index contributed by atoms with van der Waals surface area (Å²) >= 11 is 5.67. The summed E-state index contributed by atoms with van der Waals surface area (Å²) in [4.78, 5) is 11.1. The molecule has 1 rings (SSSR count). The first-order valence-corrected chi connectivity index (χ1v) is 3.77. The molecule has 0 atom stereocenters. The number of nitrogen functional groups attached to an aromatic ring is 1. The number of amides is 1. The number of hydrogen-bond donors (Lipinski definition) is 2. The Balaban J connectivity index is 2.98. The zero-order valence-electron chi connectivity index (χ0n) is 6.54. The molecule has 66 valence electrons. The van der Waals surface area contributed by atoms with E-state index in [1.54, 1.807) is 0 Å². The van der Waals surface area contributed by atoms with Crippen molar-refractivity contribution >= 4 is 23.2 Å². The van der Waals surface area contributed by atoms with Gasteiger partial charge in [0.15, 0.2) is 6.19 Å². The molecule has 0 aliphatic heterocycles. The molecule has 5 heteroatoms. The third-order valence-corrected chi connectivity index (χ3v) is 1.76. The highest BCUT2D eigenvalue weighted by atomic mass is 35.5. The van der Waals surface area contributed by atoms with Crippen LogP contribution in [0.1, 0.15) is 10.4 Å². The van der Waals surface area contributed by atoms with Crippen molar-refractivity contribution in [2.24, 2.45) is 0 Å². The van der Waals surface area contributed by atoms with Gasteiger partial charge in [-0.1, -0.05) is 11.6 Å². The number of nitriles is 1. The van der Waals surface area contributed by atoms with Crippen molar-refractivity contribution in [2.45, 2.75) is 0 Å². The van der Waals surface area contributed by atoms with E-state index in [2.05, 4.69) is 0 Å². The normalized spacial score (nSPS) is 8.92. The van der Waals surface area contributed by atoms with Gasteiger partial charge >= 0.3 is 0 Å². The monoisotopic (exact) mass is 195 g/mol. The van der Waals surface area contributed by atoms with Gasteiger partial charge in [0.05, 0.1) is 10.7 Å². The maximum atomic E-state index is 11.1. The molecule has 0 radical (unpaired) electrons. The highest BCUT2D eigenvalue weighted by Gasteiger charge is 2.05. The molecule has 0 aromatic heterocycles. The first-order chi connectivity index (χ1) is 6.15. The Morgan fingerprint density at radius 3 is 2.85 bits per heavy atom. The van der Waals surface area contributed by atoms with Crippen molar-refractivity contribution in [3.63, 3.8) is 0 Å². The van der Waals surface area contributed by atoms with Crippen molar-refractivity contribution in [3.8, 4) is 6.19 Å². The van der Waals surface area contributed by atoms with Crippen LogP contribution in [0, 0.1) is 11.5 Å². The van der Waals surface area contributed by atoms with E-state index in [-0.39, 0.29) is 0 Å². The van der Waals surface area contributed by atoms with Crippen molar-refractivity contribution in [1.29, 1.82) is 5.26 Å². The largest absolute Gasteiger partial charge is 0.398 e. The Hall–Kier alpha value is -1.73. The molecular formula is C8H6ClN3O. The van der Waals surface area contributed by atoms with E-state index in [4.69, 9.17) is 22.6 Å². The minimum atomic E-state index is -0.496. The molecule has 0 fully saturated rings. The van der Waals surface area contributed by atoms with Crippen LogP contribution in [-0.2, 0) is 0 Å². The van der Waals surface area contributed by atoms with Crippen molar-refractivity contribution in [1.82, 2.24) is 5.32 Å². The van der Waals surface area contributed by atoms with E-state index in [1.165, 1.54) is 24.4 Å². The smallest absolute Gasteiger partial charge is 0.264 e. The Bertz CT molecular complexity index is 383. The minimum absolute atomic E-state index is 0.297. The minimum Gasteiger partial charge on any atom is -0.398 e. The van der Waals surface area contributed by atoms with Gasteiger partial charge in [0.25, 0.3) is 5.91 Å². The molecule has 0 spiro atoms. The number of halogens is 1. The van der Waals surface area contributed by atoms with Gasteiger partial charge in [0.1, 0.15) is 0 Å². The lowest BCUT2D eigenvalue weighted by molar-refractivity contribution is 0.0973. The number of benzene rings is 1. The lowest BCUT2D eigenvalue weighted by atomic mass is 10.2. The fourth-order valence-corrected chi connectivity index (χ4v) is 0.972. The molecular weight excluding hydrogens is 190 g/mol. The maximum absolute atomic E-state index is 11.1. The molecule has 0 unspecified atom stereocenters. The lowest BCUT2D eigenvalue weighted by Gasteiger charge is -2.00. The summed E-state index contributed by atoms with van der Waals surface area (Å²) in [5.74, 6) is -0.496. The molecule has 13 heavy (non-hydrogen) atoms. The van der Waals surface area contributed by atoms with Crippen LogP contribution in [-0.4, -0.2) is 5.91 Å². The molecule has 1 aromatic carbocycles. The van der Waals surface area contributed by atoms with Gasteiger partial charge in [-0.3, -0.25) is 10.1 Å². The van der Waals surface area contributed by atoms with Gasteiger partial charge in [-0.05, 0) is 18.2 Å². The van der Waals surface area contributed by atoms with Crippen LogP contribution in [0.5, 0.6) is 0 Å². The highest BCUT2D eigenvalue weighted by Crippen LogP contribution is 2.19. The van der Waals surface area contributed by atoms with E-state index >= 15 is 0 Å². The van der Waals surface area contributed by atoms with E-state index in [1.807, 2.05) is 5.32 Å². The summed E-state index contributed by atoms with van der Waals surface area (Å²) in [5.41, 5.74) is 6.14. The summed E-state index contributed by atoms with van der Waals surface area (Å²) in [6.45, 7) is 0. The van der Waals surface area contributed by atoms with Crippen LogP contribution in [0.25, 0.3) is 0 Å². The number of carbonyl (C=O) groups excluding carboxylic acids is 1. The summed E-state index contributed by atoms with van der Waals surface area (Å²) < 4.78 is 0. The lowest BCUT2D eigenvalue weighted by Crippen LogP contribution is -2.17. The third-order valence-electron chi connectivity index (χ3n) is 1.43. The molecule has 0 heterocycles. The number of nitrogens with two attached hydrogens (primary N) is 1. The highest BCUT2D eigenvalue weighted by molar-refractivity contribution is 6.33. The number of hydrogen-bond acceptors (Lipinski definition) is 3. The summed E-state index contributed by atoms with van der Waals surface area (Å²) in [6, 6.07) is 4.41. The standard InChI is InChI=1S/C8H6ClN3O/c9-6-3-5(1-2-7(6)11)8(13)12-4-10/h1-3H,11H2,(H,12,13). The van der Waals surface area contributed by atoms with Gasteiger partial charge in [-0.2, -0.15) is 5.26 Å². The number of rotatable bonds is 1. The number of carbonyl (C=O) groups is 1. The molecule has 0 bridgehead atoms. The summed E-state index contributed by atoms with van der Waals surface area (Å²) in [6.07, 6.45) is 1.53. The van der Waals surface area contributed by atoms with Crippen LogP contribution in [0.4, 0.5) is 5.69 Å². The average molecular weight is 196 g/mol. The fourth-order valence-electron chi connectivity index (χ4n) is 0.791. The van der Waals surface area contributed by atoms with Gasteiger partial charge < -0.3 is 5.73 Å². The molecule has 1 aromatic rings. The van der Waals surface area contributed by atoms with E-state index in [0.717, 1.165) is 0 Å². The predicted molar refractivity (Wildman–Crippen MR) is 48.9 cm³/mol. The second-order valence-electron chi connectivity index (χ2n) is 2.30. The Morgan fingerprint density at radius 2 is 2.31 bits per heavy atom. The van der Waals surface area contributed by atoms with Gasteiger partial charge in [-0.25, -0.2) is 0 Å².